The smallest absolute Gasteiger partial charge is 0.0994 e. The van der Waals surface area contributed by atoms with Crippen molar-refractivity contribution in [1.82, 2.24) is 9.38 Å². The van der Waals surface area contributed by atoms with E-state index >= 15 is 0 Å². The Kier molecular flexibility index (Phi) is 6.49. The Morgan fingerprint density at radius 2 is 1.53 bits per heavy atom. The van der Waals surface area contributed by atoms with E-state index in [-0.39, 0.29) is 0 Å². The van der Waals surface area contributed by atoms with Crippen molar-refractivity contribution in [3.63, 3.8) is 0 Å². The zero-order valence-electron chi connectivity index (χ0n) is 20.0. The van der Waals surface area contributed by atoms with Crippen LogP contribution in [0.3, 0.4) is 0 Å². The van der Waals surface area contributed by atoms with Gasteiger partial charge in [-0.3, -0.25) is 4.98 Å². The standard InChI is InChI=1S/C27H33N3O2/c1-18-15-19(2)24(20(3)16-18)25-22-9-7-8-10-30(22)27-23(17-21(4)28-26(25)27)29(11-13-31-5)12-14-32-6/h7-10,15-17H,11-14H2,1-6H3. The van der Waals surface area contributed by atoms with E-state index in [4.69, 9.17) is 14.5 Å². The second-order valence-electron chi connectivity index (χ2n) is 8.56. The average Bonchev–Trinajstić information content (AvgIpc) is 3.07. The fourth-order valence-corrected chi connectivity index (χ4v) is 4.84. The number of ether oxygens (including phenoxy) is 2. The second kappa shape index (κ2) is 9.31. The first-order valence-electron chi connectivity index (χ1n) is 11.2. The van der Waals surface area contributed by atoms with Gasteiger partial charge in [0.2, 0.25) is 0 Å². The Bertz CT molecular complexity index is 1230. The lowest BCUT2D eigenvalue weighted by atomic mass is 9.93. The third-order valence-corrected chi connectivity index (χ3v) is 6.09. The summed E-state index contributed by atoms with van der Waals surface area (Å²) in [5.41, 5.74) is 11.8. The maximum absolute atomic E-state index is 5.42. The van der Waals surface area contributed by atoms with Crippen molar-refractivity contribution in [2.24, 2.45) is 0 Å². The normalized spacial score (nSPS) is 11.6. The molecule has 0 fully saturated rings. The van der Waals surface area contributed by atoms with Crippen molar-refractivity contribution in [1.29, 1.82) is 0 Å². The molecule has 0 spiro atoms. The summed E-state index contributed by atoms with van der Waals surface area (Å²) in [5.74, 6) is 0. The molecule has 0 aliphatic carbocycles. The Hall–Kier alpha value is -2.89. The number of hydrogen-bond donors (Lipinski definition) is 0. The molecule has 3 aromatic heterocycles. The molecule has 5 heteroatoms. The molecule has 3 heterocycles. The van der Waals surface area contributed by atoms with Crippen molar-refractivity contribution >= 4 is 22.2 Å². The maximum atomic E-state index is 5.42. The summed E-state index contributed by atoms with van der Waals surface area (Å²) < 4.78 is 13.1. The van der Waals surface area contributed by atoms with Crippen LogP contribution in [0.5, 0.6) is 0 Å². The van der Waals surface area contributed by atoms with E-state index in [0.29, 0.717) is 13.2 Å². The van der Waals surface area contributed by atoms with Crippen molar-refractivity contribution in [3.8, 4) is 11.1 Å². The monoisotopic (exact) mass is 431 g/mol. The summed E-state index contributed by atoms with van der Waals surface area (Å²) in [5, 5.41) is 0. The van der Waals surface area contributed by atoms with Crippen LogP contribution in [-0.4, -0.2) is 49.9 Å². The first kappa shape index (κ1) is 22.3. The van der Waals surface area contributed by atoms with Gasteiger partial charge in [-0.1, -0.05) is 23.8 Å². The van der Waals surface area contributed by atoms with Crippen LogP contribution in [0.25, 0.3) is 27.7 Å². The number of nitrogens with zero attached hydrogens (tertiary/aromatic N) is 3. The first-order chi connectivity index (χ1) is 15.5. The molecule has 0 saturated carbocycles. The van der Waals surface area contributed by atoms with Gasteiger partial charge < -0.3 is 18.8 Å². The van der Waals surface area contributed by atoms with E-state index < -0.39 is 0 Å². The van der Waals surface area contributed by atoms with Crippen LogP contribution >= 0.6 is 0 Å². The van der Waals surface area contributed by atoms with Gasteiger partial charge in [-0.2, -0.15) is 0 Å². The Labute approximate surface area is 190 Å². The minimum atomic E-state index is 0.652. The molecule has 32 heavy (non-hydrogen) atoms. The lowest BCUT2D eigenvalue weighted by Crippen LogP contribution is -2.31. The zero-order valence-corrected chi connectivity index (χ0v) is 20.0. The number of methoxy groups -OCH3 is 2. The lowest BCUT2D eigenvalue weighted by Gasteiger charge is -2.25. The second-order valence-corrected chi connectivity index (χ2v) is 8.56. The van der Waals surface area contributed by atoms with E-state index in [2.05, 4.69) is 79.6 Å². The Balaban J connectivity index is 2.08. The highest BCUT2D eigenvalue weighted by Gasteiger charge is 2.23. The van der Waals surface area contributed by atoms with Gasteiger partial charge >= 0.3 is 0 Å². The summed E-state index contributed by atoms with van der Waals surface area (Å²) in [6.07, 6.45) is 2.14. The number of aromatic nitrogens is 2. The van der Waals surface area contributed by atoms with Crippen molar-refractivity contribution in [2.75, 3.05) is 45.4 Å². The molecule has 0 unspecified atom stereocenters. The minimum absolute atomic E-state index is 0.652. The Morgan fingerprint density at radius 3 is 2.16 bits per heavy atom. The van der Waals surface area contributed by atoms with Crippen LogP contribution in [0.2, 0.25) is 0 Å². The lowest BCUT2D eigenvalue weighted by molar-refractivity contribution is 0.190. The van der Waals surface area contributed by atoms with E-state index in [0.717, 1.165) is 35.5 Å². The van der Waals surface area contributed by atoms with Crippen LogP contribution in [0.15, 0.2) is 42.6 Å². The Morgan fingerprint density at radius 1 is 0.875 bits per heavy atom. The van der Waals surface area contributed by atoms with Gasteiger partial charge in [-0.05, 0) is 62.6 Å². The van der Waals surface area contributed by atoms with Gasteiger partial charge in [-0.25, -0.2) is 0 Å². The highest BCUT2D eigenvalue weighted by atomic mass is 16.5. The van der Waals surface area contributed by atoms with Gasteiger partial charge in [-0.15, -0.1) is 0 Å². The van der Waals surface area contributed by atoms with Crippen LogP contribution in [0, 0.1) is 27.7 Å². The molecule has 0 bridgehead atoms. The SMILES string of the molecule is COCCN(CCOC)c1cc(C)nc2c(-c3c(C)cc(C)cc3C)c3ccccn3c12. The molecule has 0 atom stereocenters. The largest absolute Gasteiger partial charge is 0.383 e. The van der Waals surface area contributed by atoms with Crippen LogP contribution in [-0.2, 0) is 9.47 Å². The molecule has 1 aromatic carbocycles. The molecule has 4 aromatic rings. The van der Waals surface area contributed by atoms with Crippen LogP contribution in [0.4, 0.5) is 5.69 Å². The molecule has 0 radical (unpaired) electrons. The summed E-state index contributed by atoms with van der Waals surface area (Å²) in [4.78, 5) is 7.44. The first-order valence-corrected chi connectivity index (χ1v) is 11.2. The fourth-order valence-electron chi connectivity index (χ4n) is 4.84. The number of anilines is 1. The van der Waals surface area contributed by atoms with E-state index in [9.17, 15) is 0 Å². The molecular formula is C27H33N3O2. The molecule has 0 aliphatic rings. The number of aryl methyl sites for hydroxylation is 4. The van der Waals surface area contributed by atoms with Gasteiger partial charge in [0.1, 0.15) is 0 Å². The predicted octanol–water partition coefficient (Wildman–Crippen LogP) is 5.49. The summed E-state index contributed by atoms with van der Waals surface area (Å²) >= 11 is 0. The quantitative estimate of drug-likeness (QED) is 0.370. The van der Waals surface area contributed by atoms with E-state index in [1.54, 1.807) is 14.2 Å². The molecule has 0 aliphatic heterocycles. The molecule has 5 nitrogen and oxygen atoms in total. The summed E-state index contributed by atoms with van der Waals surface area (Å²) in [6, 6.07) is 13.1. The minimum Gasteiger partial charge on any atom is -0.383 e. The van der Waals surface area contributed by atoms with Crippen LogP contribution < -0.4 is 4.90 Å². The third kappa shape index (κ3) is 3.98. The van der Waals surface area contributed by atoms with E-state index in [1.165, 1.54) is 33.3 Å². The molecule has 0 saturated heterocycles. The molecule has 168 valence electrons. The highest BCUT2D eigenvalue weighted by Crippen LogP contribution is 2.41. The topological polar surface area (TPSA) is 39.0 Å². The fraction of sp³-hybridized carbons (Fsp3) is 0.370. The van der Waals surface area contributed by atoms with Crippen molar-refractivity contribution < 1.29 is 9.47 Å². The molecule has 0 amide bonds. The number of fused-ring (bicyclic) bond motifs is 3. The number of pyridine rings is 2. The zero-order chi connectivity index (χ0) is 22.8. The molecular weight excluding hydrogens is 398 g/mol. The van der Waals surface area contributed by atoms with Gasteiger partial charge in [0.15, 0.2) is 0 Å². The summed E-state index contributed by atoms with van der Waals surface area (Å²) in [6.45, 7) is 11.5. The maximum Gasteiger partial charge on any atom is 0.0994 e. The van der Waals surface area contributed by atoms with E-state index in [1.807, 2.05) is 0 Å². The molecule has 4 rings (SSSR count). The predicted molar refractivity (Wildman–Crippen MR) is 133 cm³/mol. The third-order valence-electron chi connectivity index (χ3n) is 6.09. The van der Waals surface area contributed by atoms with Gasteiger partial charge in [0.05, 0.1) is 35.5 Å². The average molecular weight is 432 g/mol. The molecule has 0 N–H and O–H groups in total. The summed E-state index contributed by atoms with van der Waals surface area (Å²) in [7, 11) is 3.49. The van der Waals surface area contributed by atoms with Crippen molar-refractivity contribution in [2.45, 2.75) is 27.7 Å². The number of benzene rings is 1. The van der Waals surface area contributed by atoms with Gasteiger partial charge in [0, 0.05) is 44.8 Å². The number of rotatable bonds is 8. The number of hydrogen-bond acceptors (Lipinski definition) is 4. The van der Waals surface area contributed by atoms with Gasteiger partial charge in [0.25, 0.3) is 0 Å². The highest BCUT2D eigenvalue weighted by molar-refractivity contribution is 6.09. The van der Waals surface area contributed by atoms with Crippen LogP contribution in [0.1, 0.15) is 22.4 Å². The van der Waals surface area contributed by atoms with Crippen molar-refractivity contribution in [3.05, 3.63) is 65.0 Å².